The maximum Gasteiger partial charge on any atom is 0.0894 e. The Kier molecular flexibility index (Phi) is 5.19. The van der Waals surface area contributed by atoms with Gasteiger partial charge in [0.25, 0.3) is 0 Å². The summed E-state index contributed by atoms with van der Waals surface area (Å²) < 4.78 is 5.93. The van der Waals surface area contributed by atoms with Crippen LogP contribution in [0.15, 0.2) is 12.1 Å². The van der Waals surface area contributed by atoms with E-state index < -0.39 is 0 Å². The van der Waals surface area contributed by atoms with Gasteiger partial charge in [-0.2, -0.15) is 0 Å². The molecule has 1 aliphatic heterocycles. The van der Waals surface area contributed by atoms with Crippen LogP contribution >= 0.6 is 0 Å². The van der Waals surface area contributed by atoms with Gasteiger partial charge in [0.1, 0.15) is 0 Å². The summed E-state index contributed by atoms with van der Waals surface area (Å²) in [5.41, 5.74) is 11.6. The number of benzene rings is 1. The van der Waals surface area contributed by atoms with Crippen LogP contribution in [-0.2, 0) is 4.74 Å². The van der Waals surface area contributed by atoms with E-state index >= 15 is 0 Å². The van der Waals surface area contributed by atoms with Crippen molar-refractivity contribution in [2.45, 2.75) is 46.3 Å². The van der Waals surface area contributed by atoms with Crippen LogP contribution in [0.4, 0.5) is 0 Å². The number of hydrogen-bond acceptors (Lipinski definition) is 3. The summed E-state index contributed by atoms with van der Waals surface area (Å²) >= 11 is 0. The van der Waals surface area contributed by atoms with Gasteiger partial charge in [-0.25, -0.2) is 0 Å². The van der Waals surface area contributed by atoms with E-state index in [2.05, 4.69) is 44.7 Å². The molecule has 0 aromatic heterocycles. The van der Waals surface area contributed by atoms with Crippen LogP contribution in [0.5, 0.6) is 0 Å². The normalized spacial score (nSPS) is 21.9. The highest BCUT2D eigenvalue weighted by atomic mass is 16.5. The van der Waals surface area contributed by atoms with Gasteiger partial charge in [-0.15, -0.1) is 0 Å². The first-order valence-electron chi connectivity index (χ1n) is 7.70. The van der Waals surface area contributed by atoms with Crippen LogP contribution in [0.3, 0.4) is 0 Å². The van der Waals surface area contributed by atoms with Gasteiger partial charge in [-0.3, -0.25) is 4.90 Å². The highest BCUT2D eigenvalue weighted by Gasteiger charge is 2.27. The molecule has 3 nitrogen and oxygen atoms in total. The number of nitrogens with two attached hydrogens (primary N) is 1. The summed E-state index contributed by atoms with van der Waals surface area (Å²) in [6.45, 7) is 12.6. The lowest BCUT2D eigenvalue weighted by molar-refractivity contribution is -0.0408. The number of ether oxygens (including phenoxy) is 1. The summed E-state index contributed by atoms with van der Waals surface area (Å²) in [5, 5.41) is 0. The average molecular weight is 276 g/mol. The zero-order chi connectivity index (χ0) is 14.7. The molecule has 1 aliphatic rings. The van der Waals surface area contributed by atoms with Crippen molar-refractivity contribution in [3.05, 3.63) is 34.4 Å². The van der Waals surface area contributed by atoms with E-state index in [1.54, 1.807) is 0 Å². The zero-order valence-corrected chi connectivity index (χ0v) is 13.3. The standard InChI is InChI=1S/C17H28N2O/c1-5-6-19-7-8-20-16(11-19)17(18)15-10-13(3)12(2)9-14(15)4/h9-10,16-17H,5-8,11,18H2,1-4H3. The average Bonchev–Trinajstić information content (AvgIpc) is 2.43. The summed E-state index contributed by atoms with van der Waals surface area (Å²) in [6, 6.07) is 4.43. The van der Waals surface area contributed by atoms with E-state index in [9.17, 15) is 0 Å². The van der Waals surface area contributed by atoms with Crippen molar-refractivity contribution in [2.75, 3.05) is 26.2 Å². The number of aryl methyl sites for hydroxylation is 3. The fourth-order valence-corrected chi connectivity index (χ4v) is 3.01. The van der Waals surface area contributed by atoms with Crippen LogP contribution in [0, 0.1) is 20.8 Å². The second-order valence-electron chi connectivity index (χ2n) is 6.03. The van der Waals surface area contributed by atoms with Crippen molar-refractivity contribution in [3.63, 3.8) is 0 Å². The molecule has 1 saturated heterocycles. The summed E-state index contributed by atoms with van der Waals surface area (Å²) in [7, 11) is 0. The molecule has 2 unspecified atom stereocenters. The number of morpholine rings is 1. The van der Waals surface area contributed by atoms with Gasteiger partial charge < -0.3 is 10.5 Å². The highest BCUT2D eigenvalue weighted by molar-refractivity contribution is 5.38. The number of hydrogen-bond donors (Lipinski definition) is 1. The Morgan fingerprint density at radius 3 is 2.65 bits per heavy atom. The Hall–Kier alpha value is -0.900. The smallest absolute Gasteiger partial charge is 0.0894 e. The predicted molar refractivity (Wildman–Crippen MR) is 84.1 cm³/mol. The molecule has 2 N–H and O–H groups in total. The van der Waals surface area contributed by atoms with Gasteiger partial charge in [0.2, 0.25) is 0 Å². The Labute approximate surface area is 123 Å². The third-order valence-electron chi connectivity index (χ3n) is 4.36. The SMILES string of the molecule is CCCN1CCOC(C(N)c2cc(C)c(C)cc2C)C1. The van der Waals surface area contributed by atoms with Crippen LogP contribution in [0.1, 0.15) is 41.6 Å². The fraction of sp³-hybridized carbons (Fsp3) is 0.647. The lowest BCUT2D eigenvalue weighted by atomic mass is 9.93. The third-order valence-corrected chi connectivity index (χ3v) is 4.36. The predicted octanol–water partition coefficient (Wildman–Crippen LogP) is 2.72. The van der Waals surface area contributed by atoms with Gasteiger partial charge in [0.05, 0.1) is 18.8 Å². The Balaban J connectivity index is 2.14. The van der Waals surface area contributed by atoms with E-state index in [0.717, 1.165) is 26.2 Å². The van der Waals surface area contributed by atoms with Crippen LogP contribution in [0.25, 0.3) is 0 Å². The first-order chi connectivity index (χ1) is 9.52. The zero-order valence-electron chi connectivity index (χ0n) is 13.3. The van der Waals surface area contributed by atoms with Gasteiger partial charge in [0.15, 0.2) is 0 Å². The van der Waals surface area contributed by atoms with Crippen LogP contribution in [-0.4, -0.2) is 37.2 Å². The van der Waals surface area contributed by atoms with Crippen molar-refractivity contribution in [3.8, 4) is 0 Å². The summed E-state index contributed by atoms with van der Waals surface area (Å²) in [5.74, 6) is 0. The molecular weight excluding hydrogens is 248 g/mol. The molecule has 0 aliphatic carbocycles. The van der Waals surface area contributed by atoms with E-state index in [-0.39, 0.29) is 12.1 Å². The second kappa shape index (κ2) is 6.70. The molecular formula is C17H28N2O. The largest absolute Gasteiger partial charge is 0.374 e. The summed E-state index contributed by atoms with van der Waals surface area (Å²) in [6.07, 6.45) is 1.29. The quantitative estimate of drug-likeness (QED) is 0.919. The lowest BCUT2D eigenvalue weighted by Crippen LogP contribution is -2.47. The molecule has 2 atom stereocenters. The second-order valence-corrected chi connectivity index (χ2v) is 6.03. The minimum Gasteiger partial charge on any atom is -0.374 e. The lowest BCUT2D eigenvalue weighted by Gasteiger charge is -2.36. The molecule has 0 amide bonds. The maximum absolute atomic E-state index is 6.50. The fourth-order valence-electron chi connectivity index (χ4n) is 3.01. The van der Waals surface area contributed by atoms with Gasteiger partial charge in [-0.1, -0.05) is 19.1 Å². The summed E-state index contributed by atoms with van der Waals surface area (Å²) in [4.78, 5) is 2.46. The third kappa shape index (κ3) is 3.40. The molecule has 2 rings (SSSR count). The molecule has 0 spiro atoms. The van der Waals surface area contributed by atoms with E-state index in [1.165, 1.54) is 28.7 Å². The van der Waals surface area contributed by atoms with E-state index in [4.69, 9.17) is 10.5 Å². The van der Waals surface area contributed by atoms with Gasteiger partial charge in [-0.05, 0) is 56.0 Å². The Bertz CT molecular complexity index is 457. The molecule has 1 aromatic rings. The molecule has 0 bridgehead atoms. The van der Waals surface area contributed by atoms with Gasteiger partial charge >= 0.3 is 0 Å². The number of rotatable bonds is 4. The van der Waals surface area contributed by atoms with Crippen LogP contribution in [0.2, 0.25) is 0 Å². The molecule has 20 heavy (non-hydrogen) atoms. The topological polar surface area (TPSA) is 38.5 Å². The molecule has 3 heteroatoms. The Morgan fingerprint density at radius 1 is 1.25 bits per heavy atom. The van der Waals surface area contributed by atoms with Crippen molar-refractivity contribution >= 4 is 0 Å². The number of nitrogens with zero attached hydrogens (tertiary/aromatic N) is 1. The van der Waals surface area contributed by atoms with Crippen molar-refractivity contribution < 1.29 is 4.74 Å². The molecule has 1 fully saturated rings. The highest BCUT2D eigenvalue weighted by Crippen LogP contribution is 2.25. The Morgan fingerprint density at radius 2 is 1.95 bits per heavy atom. The monoisotopic (exact) mass is 276 g/mol. The molecule has 1 heterocycles. The minimum atomic E-state index is -0.0334. The molecule has 112 valence electrons. The molecule has 1 aromatic carbocycles. The van der Waals surface area contributed by atoms with Crippen molar-refractivity contribution in [1.29, 1.82) is 0 Å². The minimum absolute atomic E-state index is 0.0334. The van der Waals surface area contributed by atoms with E-state index in [0.29, 0.717) is 0 Å². The first kappa shape index (κ1) is 15.5. The molecule has 0 saturated carbocycles. The first-order valence-corrected chi connectivity index (χ1v) is 7.70. The van der Waals surface area contributed by atoms with E-state index in [1.807, 2.05) is 0 Å². The van der Waals surface area contributed by atoms with Gasteiger partial charge in [0, 0.05) is 13.1 Å². The van der Waals surface area contributed by atoms with Crippen LogP contribution < -0.4 is 5.73 Å². The molecule has 0 radical (unpaired) electrons. The van der Waals surface area contributed by atoms with Crippen molar-refractivity contribution in [2.24, 2.45) is 5.73 Å². The van der Waals surface area contributed by atoms with Crippen molar-refractivity contribution in [1.82, 2.24) is 4.90 Å². The maximum atomic E-state index is 6.50.